The highest BCUT2D eigenvalue weighted by atomic mass is 16.6. The minimum Gasteiger partial charge on any atom is -0.396 e. The smallest absolute Gasteiger partial charge is 0.287 e. The third-order valence-corrected chi connectivity index (χ3v) is 3.53. The molecule has 1 saturated heterocycles. The van der Waals surface area contributed by atoms with Crippen molar-refractivity contribution in [2.24, 2.45) is 13.0 Å². The first-order valence-electron chi connectivity index (χ1n) is 6.23. The Bertz CT molecular complexity index is 497. The van der Waals surface area contributed by atoms with Crippen LogP contribution in [0.3, 0.4) is 0 Å². The molecule has 7 heteroatoms. The van der Waals surface area contributed by atoms with E-state index in [0.29, 0.717) is 31.1 Å². The monoisotopic (exact) mass is 267 g/mol. The molecule has 0 spiro atoms. The molecule has 2 rings (SSSR count). The lowest BCUT2D eigenvalue weighted by atomic mass is 10.1. The summed E-state index contributed by atoms with van der Waals surface area (Å²) in [5.74, 6) is 0.139. The maximum absolute atomic E-state index is 12.3. The second-order valence-electron chi connectivity index (χ2n) is 4.87. The van der Waals surface area contributed by atoms with Gasteiger partial charge >= 0.3 is 0 Å². The molecule has 1 aromatic rings. The Morgan fingerprint density at radius 1 is 1.63 bits per heavy atom. The van der Waals surface area contributed by atoms with Crippen LogP contribution in [0.4, 0.5) is 5.69 Å². The van der Waals surface area contributed by atoms with Crippen LogP contribution in [0.2, 0.25) is 0 Å². The molecule has 104 valence electrons. The lowest BCUT2D eigenvalue weighted by molar-refractivity contribution is -0.384. The maximum Gasteiger partial charge on any atom is 0.287 e. The zero-order valence-corrected chi connectivity index (χ0v) is 10.8. The van der Waals surface area contributed by atoms with Crippen LogP contribution >= 0.6 is 0 Å². The molecule has 7 nitrogen and oxygen atoms in total. The number of carbonyl (C=O) groups is 1. The van der Waals surface area contributed by atoms with Gasteiger partial charge in [0, 0.05) is 32.8 Å². The van der Waals surface area contributed by atoms with Gasteiger partial charge < -0.3 is 14.6 Å². The Balaban J connectivity index is 2.10. The van der Waals surface area contributed by atoms with Crippen molar-refractivity contribution in [3.8, 4) is 0 Å². The van der Waals surface area contributed by atoms with E-state index in [9.17, 15) is 14.9 Å². The summed E-state index contributed by atoms with van der Waals surface area (Å²) >= 11 is 0. The summed E-state index contributed by atoms with van der Waals surface area (Å²) in [4.78, 5) is 24.1. The molecule has 1 aromatic heterocycles. The van der Waals surface area contributed by atoms with Gasteiger partial charge in [-0.2, -0.15) is 0 Å². The fourth-order valence-electron chi connectivity index (χ4n) is 2.46. The topological polar surface area (TPSA) is 88.6 Å². The van der Waals surface area contributed by atoms with Crippen molar-refractivity contribution < 1.29 is 14.8 Å². The number of nitrogens with zero attached hydrogens (tertiary/aromatic N) is 3. The first kappa shape index (κ1) is 13.5. The number of carbonyl (C=O) groups excluding carboxylic acids is 1. The highest BCUT2D eigenvalue weighted by Crippen LogP contribution is 2.23. The van der Waals surface area contributed by atoms with E-state index in [1.54, 1.807) is 11.9 Å². The van der Waals surface area contributed by atoms with Gasteiger partial charge in [0.2, 0.25) is 0 Å². The van der Waals surface area contributed by atoms with Crippen molar-refractivity contribution in [3.63, 3.8) is 0 Å². The SMILES string of the molecule is Cn1cc([N+](=O)[O-])cc1C(=O)N1CCC(CCO)C1. The van der Waals surface area contributed by atoms with Crippen molar-refractivity contribution in [1.29, 1.82) is 0 Å². The first-order chi connectivity index (χ1) is 9.02. The Hall–Kier alpha value is -1.89. The molecule has 1 N–H and O–H groups in total. The fraction of sp³-hybridized carbons (Fsp3) is 0.583. The summed E-state index contributed by atoms with van der Waals surface area (Å²) in [5, 5.41) is 19.6. The Morgan fingerprint density at radius 2 is 2.37 bits per heavy atom. The molecule has 0 aromatic carbocycles. The zero-order chi connectivity index (χ0) is 14.0. The summed E-state index contributed by atoms with van der Waals surface area (Å²) in [6, 6.07) is 1.31. The van der Waals surface area contributed by atoms with Crippen LogP contribution in [0.5, 0.6) is 0 Å². The highest BCUT2D eigenvalue weighted by molar-refractivity contribution is 5.93. The number of aliphatic hydroxyl groups is 1. The molecule has 1 unspecified atom stereocenters. The molecule has 1 amide bonds. The van der Waals surface area contributed by atoms with Crippen molar-refractivity contribution >= 4 is 11.6 Å². The average Bonchev–Trinajstić information content (AvgIpc) is 2.96. The number of aromatic nitrogens is 1. The van der Waals surface area contributed by atoms with E-state index >= 15 is 0 Å². The second kappa shape index (κ2) is 5.40. The number of amides is 1. The van der Waals surface area contributed by atoms with E-state index in [0.717, 1.165) is 6.42 Å². The average molecular weight is 267 g/mol. The van der Waals surface area contributed by atoms with E-state index in [4.69, 9.17) is 5.11 Å². The van der Waals surface area contributed by atoms with Gasteiger partial charge in [-0.25, -0.2) is 0 Å². The van der Waals surface area contributed by atoms with E-state index in [2.05, 4.69) is 0 Å². The molecule has 2 heterocycles. The van der Waals surface area contributed by atoms with Gasteiger partial charge in [0.1, 0.15) is 5.69 Å². The van der Waals surface area contributed by atoms with Crippen LogP contribution < -0.4 is 0 Å². The summed E-state index contributed by atoms with van der Waals surface area (Å²) in [7, 11) is 1.63. The van der Waals surface area contributed by atoms with E-state index in [-0.39, 0.29) is 18.2 Å². The lowest BCUT2D eigenvalue weighted by Gasteiger charge is -2.16. The predicted molar refractivity (Wildman–Crippen MR) is 67.8 cm³/mol. The summed E-state index contributed by atoms with van der Waals surface area (Å²) in [6.07, 6.45) is 2.91. The quantitative estimate of drug-likeness (QED) is 0.645. The minimum atomic E-state index is -0.505. The Kier molecular flexibility index (Phi) is 3.84. The third-order valence-electron chi connectivity index (χ3n) is 3.53. The highest BCUT2D eigenvalue weighted by Gasteiger charge is 2.29. The molecule has 0 bridgehead atoms. The van der Waals surface area contributed by atoms with Crippen LogP contribution in [-0.4, -0.2) is 45.1 Å². The molecule has 1 aliphatic rings. The van der Waals surface area contributed by atoms with Crippen LogP contribution in [0.1, 0.15) is 23.3 Å². The van der Waals surface area contributed by atoms with Crippen molar-refractivity contribution in [3.05, 3.63) is 28.1 Å². The van der Waals surface area contributed by atoms with Crippen LogP contribution in [0.15, 0.2) is 12.3 Å². The number of nitro groups is 1. The second-order valence-corrected chi connectivity index (χ2v) is 4.87. The first-order valence-corrected chi connectivity index (χ1v) is 6.23. The number of hydrogen-bond acceptors (Lipinski definition) is 4. The van der Waals surface area contributed by atoms with Gasteiger partial charge in [0.25, 0.3) is 11.6 Å². The largest absolute Gasteiger partial charge is 0.396 e. The summed E-state index contributed by atoms with van der Waals surface area (Å²) in [5.41, 5.74) is 0.258. The maximum atomic E-state index is 12.3. The van der Waals surface area contributed by atoms with Crippen LogP contribution in [-0.2, 0) is 7.05 Å². The molecule has 19 heavy (non-hydrogen) atoms. The number of aliphatic hydroxyl groups excluding tert-OH is 1. The van der Waals surface area contributed by atoms with Crippen molar-refractivity contribution in [2.75, 3.05) is 19.7 Å². The number of aryl methyl sites for hydroxylation is 1. The van der Waals surface area contributed by atoms with E-state index in [1.165, 1.54) is 16.8 Å². The summed E-state index contributed by atoms with van der Waals surface area (Å²) in [6.45, 7) is 1.38. The number of rotatable bonds is 4. The van der Waals surface area contributed by atoms with Gasteiger partial charge in [-0.15, -0.1) is 0 Å². The van der Waals surface area contributed by atoms with Crippen LogP contribution in [0.25, 0.3) is 0 Å². The molecule has 1 fully saturated rings. The predicted octanol–water partition coefficient (Wildman–Crippen LogP) is 0.778. The van der Waals surface area contributed by atoms with Gasteiger partial charge in [-0.1, -0.05) is 0 Å². The Labute approximate surface area is 110 Å². The van der Waals surface area contributed by atoms with Crippen LogP contribution in [0, 0.1) is 16.0 Å². The normalized spacial score (nSPS) is 18.8. The van der Waals surface area contributed by atoms with E-state index < -0.39 is 4.92 Å². The summed E-state index contributed by atoms with van der Waals surface area (Å²) < 4.78 is 1.49. The van der Waals surface area contributed by atoms with Crippen molar-refractivity contribution in [2.45, 2.75) is 12.8 Å². The molecule has 0 saturated carbocycles. The third kappa shape index (κ3) is 2.76. The van der Waals surface area contributed by atoms with Gasteiger partial charge in [0.05, 0.1) is 11.1 Å². The molecule has 0 aliphatic carbocycles. The standard InChI is InChI=1S/C12H17N3O4/c1-13-8-10(15(18)19)6-11(13)12(17)14-4-2-9(7-14)3-5-16/h6,8-9,16H,2-5,7H2,1H3. The van der Waals surface area contributed by atoms with Gasteiger partial charge in [0.15, 0.2) is 0 Å². The molecule has 1 aliphatic heterocycles. The molecule has 0 radical (unpaired) electrons. The Morgan fingerprint density at radius 3 is 2.95 bits per heavy atom. The van der Waals surface area contributed by atoms with Crippen molar-refractivity contribution in [1.82, 2.24) is 9.47 Å². The lowest BCUT2D eigenvalue weighted by Crippen LogP contribution is -2.30. The van der Waals surface area contributed by atoms with Gasteiger partial charge in [-0.3, -0.25) is 14.9 Å². The minimum absolute atomic E-state index is 0.0723. The molecular weight excluding hydrogens is 250 g/mol. The zero-order valence-electron chi connectivity index (χ0n) is 10.8. The number of hydrogen-bond donors (Lipinski definition) is 1. The molecular formula is C12H17N3O4. The fourth-order valence-corrected chi connectivity index (χ4v) is 2.46. The number of likely N-dealkylation sites (tertiary alicyclic amines) is 1. The molecule has 1 atom stereocenters. The van der Waals surface area contributed by atoms with E-state index in [1.807, 2.05) is 0 Å². The van der Waals surface area contributed by atoms with Gasteiger partial charge in [-0.05, 0) is 18.8 Å².